The molecule has 2 aromatic rings. The Morgan fingerprint density at radius 1 is 1.44 bits per heavy atom. The minimum Gasteiger partial charge on any atom is -0.396 e. The van der Waals surface area contributed by atoms with Gasteiger partial charge in [0.1, 0.15) is 11.1 Å². The average Bonchev–Trinajstić information content (AvgIpc) is 2.82. The third-order valence-electron chi connectivity index (χ3n) is 3.65. The molecule has 0 unspecified atom stereocenters. The number of thiophene rings is 1. The molecule has 0 aliphatic rings. The largest absolute Gasteiger partial charge is 0.396 e. The van der Waals surface area contributed by atoms with Crippen molar-refractivity contribution in [1.29, 1.82) is 5.26 Å². The Hall–Kier alpha value is -2.15. The standard InChI is InChI=1S/C16H18N4O3S2/c1-8-10(3)25-15(12(8)6-17)19-13(22)7-24-16-18-9(2)11(4-5-21)14(23)20-16/h21H,4-5,7H2,1-3H3,(H,19,22)(H,18,20,23). The van der Waals surface area contributed by atoms with Crippen molar-refractivity contribution in [2.24, 2.45) is 0 Å². The fraction of sp³-hybridized carbons (Fsp3) is 0.375. The second-order valence-electron chi connectivity index (χ2n) is 5.34. The number of thioether (sulfide) groups is 1. The fourth-order valence-electron chi connectivity index (χ4n) is 2.21. The van der Waals surface area contributed by atoms with E-state index in [1.807, 2.05) is 13.8 Å². The summed E-state index contributed by atoms with van der Waals surface area (Å²) >= 11 is 2.47. The van der Waals surface area contributed by atoms with Gasteiger partial charge in [0, 0.05) is 29.2 Å². The molecule has 2 aromatic heterocycles. The molecule has 0 atom stereocenters. The minimum absolute atomic E-state index is 0.0581. The van der Waals surface area contributed by atoms with Crippen molar-refractivity contribution < 1.29 is 9.90 Å². The first-order valence-electron chi connectivity index (χ1n) is 7.50. The van der Waals surface area contributed by atoms with Gasteiger partial charge in [0.05, 0.1) is 11.3 Å². The van der Waals surface area contributed by atoms with Crippen molar-refractivity contribution in [3.63, 3.8) is 0 Å². The minimum atomic E-state index is -0.305. The molecule has 9 heteroatoms. The molecule has 25 heavy (non-hydrogen) atoms. The second kappa shape index (κ2) is 8.29. The monoisotopic (exact) mass is 378 g/mol. The third-order valence-corrected chi connectivity index (χ3v) is 5.65. The van der Waals surface area contributed by atoms with Gasteiger partial charge >= 0.3 is 0 Å². The van der Waals surface area contributed by atoms with E-state index < -0.39 is 0 Å². The summed E-state index contributed by atoms with van der Waals surface area (Å²) in [5.41, 5.74) is 2.03. The summed E-state index contributed by atoms with van der Waals surface area (Å²) in [6.07, 6.45) is 0.244. The Labute approximate surface area is 153 Å². The van der Waals surface area contributed by atoms with Gasteiger partial charge in [-0.1, -0.05) is 11.8 Å². The molecule has 2 heterocycles. The number of aromatic nitrogens is 2. The predicted molar refractivity (Wildman–Crippen MR) is 98.2 cm³/mol. The van der Waals surface area contributed by atoms with Crippen LogP contribution in [-0.4, -0.2) is 33.3 Å². The van der Waals surface area contributed by atoms with Crippen LogP contribution >= 0.6 is 23.1 Å². The van der Waals surface area contributed by atoms with Gasteiger partial charge in [-0.15, -0.1) is 11.3 Å². The first-order chi connectivity index (χ1) is 11.9. The lowest BCUT2D eigenvalue weighted by Crippen LogP contribution is -2.19. The highest BCUT2D eigenvalue weighted by Crippen LogP contribution is 2.31. The van der Waals surface area contributed by atoms with E-state index in [1.54, 1.807) is 6.92 Å². The zero-order valence-corrected chi connectivity index (χ0v) is 15.7. The lowest BCUT2D eigenvalue weighted by molar-refractivity contribution is -0.113. The lowest BCUT2D eigenvalue weighted by atomic mass is 10.2. The quantitative estimate of drug-likeness (QED) is 0.522. The molecule has 0 saturated carbocycles. The summed E-state index contributed by atoms with van der Waals surface area (Å²) in [5, 5.41) is 21.8. The molecule has 0 bridgehead atoms. The highest BCUT2D eigenvalue weighted by Gasteiger charge is 2.15. The number of H-pyrrole nitrogens is 1. The zero-order valence-electron chi connectivity index (χ0n) is 14.1. The van der Waals surface area contributed by atoms with Gasteiger partial charge in [-0.3, -0.25) is 9.59 Å². The summed E-state index contributed by atoms with van der Waals surface area (Å²) in [4.78, 5) is 31.9. The Morgan fingerprint density at radius 2 is 2.16 bits per heavy atom. The molecule has 0 aromatic carbocycles. The molecule has 7 nitrogen and oxygen atoms in total. The van der Waals surface area contributed by atoms with Crippen LogP contribution in [0.2, 0.25) is 0 Å². The molecule has 1 amide bonds. The van der Waals surface area contributed by atoms with Gasteiger partial charge in [0.25, 0.3) is 5.56 Å². The number of aryl methyl sites for hydroxylation is 2. The smallest absolute Gasteiger partial charge is 0.255 e. The SMILES string of the molecule is Cc1nc(SCC(=O)Nc2sc(C)c(C)c2C#N)[nH]c(=O)c1CCO. The number of nitriles is 1. The predicted octanol–water partition coefficient (Wildman–Crippen LogP) is 1.89. The van der Waals surface area contributed by atoms with E-state index in [2.05, 4.69) is 21.4 Å². The van der Waals surface area contributed by atoms with Crippen molar-refractivity contribution in [2.45, 2.75) is 32.3 Å². The average molecular weight is 378 g/mol. The number of nitrogens with one attached hydrogen (secondary N) is 2. The summed E-state index contributed by atoms with van der Waals surface area (Å²) in [6.45, 7) is 5.32. The van der Waals surface area contributed by atoms with Crippen LogP contribution in [0.4, 0.5) is 5.00 Å². The van der Waals surface area contributed by atoms with Gasteiger partial charge in [0.15, 0.2) is 5.16 Å². The van der Waals surface area contributed by atoms with Crippen LogP contribution in [-0.2, 0) is 11.2 Å². The van der Waals surface area contributed by atoms with Gasteiger partial charge in [-0.05, 0) is 26.3 Å². The summed E-state index contributed by atoms with van der Waals surface area (Å²) in [7, 11) is 0. The topological polar surface area (TPSA) is 119 Å². The van der Waals surface area contributed by atoms with Crippen LogP contribution in [0.15, 0.2) is 9.95 Å². The number of amides is 1. The maximum atomic E-state index is 12.1. The molecule has 132 valence electrons. The maximum Gasteiger partial charge on any atom is 0.255 e. The number of carbonyl (C=O) groups is 1. The first-order valence-corrected chi connectivity index (χ1v) is 9.31. The van der Waals surface area contributed by atoms with Crippen molar-refractivity contribution >= 4 is 34.0 Å². The van der Waals surface area contributed by atoms with Crippen LogP contribution in [0.1, 0.15) is 27.3 Å². The van der Waals surface area contributed by atoms with Crippen LogP contribution < -0.4 is 10.9 Å². The lowest BCUT2D eigenvalue weighted by Gasteiger charge is -2.06. The third kappa shape index (κ3) is 4.48. The van der Waals surface area contributed by atoms with Gasteiger partial charge in [0.2, 0.25) is 5.91 Å². The molecule has 0 radical (unpaired) electrons. The number of nitrogens with zero attached hydrogens (tertiary/aromatic N) is 2. The summed E-state index contributed by atoms with van der Waals surface area (Å²) in [6, 6.07) is 2.11. The zero-order chi connectivity index (χ0) is 18.6. The normalized spacial score (nSPS) is 10.5. The fourth-order valence-corrected chi connectivity index (χ4v) is 3.94. The van der Waals surface area contributed by atoms with Gasteiger partial charge < -0.3 is 15.4 Å². The number of hydrogen-bond acceptors (Lipinski definition) is 7. The van der Waals surface area contributed by atoms with E-state index in [0.717, 1.165) is 22.2 Å². The molecule has 3 N–H and O–H groups in total. The van der Waals surface area contributed by atoms with E-state index in [1.165, 1.54) is 11.3 Å². The highest BCUT2D eigenvalue weighted by atomic mass is 32.2. The van der Waals surface area contributed by atoms with Gasteiger partial charge in [-0.25, -0.2) is 4.98 Å². The van der Waals surface area contributed by atoms with E-state index >= 15 is 0 Å². The summed E-state index contributed by atoms with van der Waals surface area (Å²) < 4.78 is 0. The molecule has 0 fully saturated rings. The molecular weight excluding hydrogens is 360 g/mol. The van der Waals surface area contributed by atoms with Crippen LogP contribution in [0.5, 0.6) is 0 Å². The molecule has 0 aliphatic carbocycles. The van der Waals surface area contributed by atoms with Crippen molar-refractivity contribution in [3.8, 4) is 6.07 Å². The van der Waals surface area contributed by atoms with Crippen LogP contribution in [0.3, 0.4) is 0 Å². The van der Waals surface area contributed by atoms with Crippen molar-refractivity contribution in [3.05, 3.63) is 37.6 Å². The molecular formula is C16H18N4O3S2. The van der Waals surface area contributed by atoms with E-state index in [9.17, 15) is 14.9 Å². The van der Waals surface area contributed by atoms with Crippen LogP contribution in [0.25, 0.3) is 0 Å². The Kier molecular flexibility index (Phi) is 6.36. The van der Waals surface area contributed by atoms with Crippen molar-refractivity contribution in [1.82, 2.24) is 9.97 Å². The number of aromatic amines is 1. The number of carbonyl (C=O) groups excluding carboxylic acids is 1. The van der Waals surface area contributed by atoms with E-state index in [4.69, 9.17) is 5.11 Å². The van der Waals surface area contributed by atoms with E-state index in [-0.39, 0.29) is 30.2 Å². The van der Waals surface area contributed by atoms with E-state index in [0.29, 0.717) is 27.0 Å². The Balaban J connectivity index is 2.05. The number of aliphatic hydroxyl groups is 1. The first kappa shape index (κ1) is 19.2. The Bertz CT molecular complexity index is 896. The van der Waals surface area contributed by atoms with Crippen LogP contribution in [0, 0.1) is 32.1 Å². The van der Waals surface area contributed by atoms with Crippen molar-refractivity contribution in [2.75, 3.05) is 17.7 Å². The maximum absolute atomic E-state index is 12.1. The number of rotatable bonds is 6. The molecule has 2 rings (SSSR count). The highest BCUT2D eigenvalue weighted by molar-refractivity contribution is 7.99. The number of aliphatic hydroxyl groups excluding tert-OH is 1. The Morgan fingerprint density at radius 3 is 2.76 bits per heavy atom. The van der Waals surface area contributed by atoms with Gasteiger partial charge in [-0.2, -0.15) is 5.26 Å². The molecule has 0 saturated heterocycles. The summed E-state index contributed by atoms with van der Waals surface area (Å²) in [5.74, 6) is -0.217. The number of anilines is 1. The second-order valence-corrected chi connectivity index (χ2v) is 7.53. The molecule has 0 spiro atoms. The molecule has 0 aliphatic heterocycles. The number of hydrogen-bond donors (Lipinski definition) is 3.